The number of aromatic nitrogens is 1. The number of carbonyl (C=O) groups is 2. The summed E-state index contributed by atoms with van der Waals surface area (Å²) < 4.78 is 0. The Labute approximate surface area is 188 Å². The van der Waals surface area contributed by atoms with E-state index in [1.54, 1.807) is 6.20 Å². The molecule has 2 amide bonds. The molecule has 2 aromatic carbocycles. The molecule has 0 bridgehead atoms. The summed E-state index contributed by atoms with van der Waals surface area (Å²) >= 11 is 0. The summed E-state index contributed by atoms with van der Waals surface area (Å²) in [7, 11) is 0. The largest absolute Gasteiger partial charge is 0.369 e. The number of likely N-dealkylation sites (tertiary alicyclic amines) is 1. The van der Waals surface area contributed by atoms with Crippen LogP contribution in [-0.4, -0.2) is 41.3 Å². The Morgan fingerprint density at radius 2 is 1.59 bits per heavy atom. The van der Waals surface area contributed by atoms with Crippen molar-refractivity contribution in [2.24, 2.45) is 5.73 Å². The lowest BCUT2D eigenvalue weighted by Crippen LogP contribution is -2.55. The van der Waals surface area contributed by atoms with E-state index in [0.29, 0.717) is 18.7 Å². The molecule has 0 spiro atoms. The fourth-order valence-electron chi connectivity index (χ4n) is 4.52. The molecule has 1 saturated heterocycles. The number of piperidine rings is 1. The number of amides is 2. The van der Waals surface area contributed by atoms with Crippen molar-refractivity contribution in [2.45, 2.75) is 24.3 Å². The highest BCUT2D eigenvalue weighted by Crippen LogP contribution is 2.33. The Morgan fingerprint density at radius 3 is 2.16 bits per heavy atom. The Morgan fingerprint density at radius 1 is 0.969 bits per heavy atom. The second kappa shape index (κ2) is 9.75. The average molecular weight is 429 g/mol. The van der Waals surface area contributed by atoms with Crippen molar-refractivity contribution in [2.75, 3.05) is 19.6 Å². The van der Waals surface area contributed by atoms with Gasteiger partial charge < -0.3 is 11.1 Å². The molecule has 0 unspecified atom stereocenters. The first-order chi connectivity index (χ1) is 15.6. The highest BCUT2D eigenvalue weighted by Gasteiger charge is 2.43. The predicted octanol–water partition coefficient (Wildman–Crippen LogP) is 2.81. The molecule has 2 heterocycles. The zero-order chi connectivity index (χ0) is 22.4. The molecule has 0 saturated carbocycles. The van der Waals surface area contributed by atoms with Crippen LogP contribution in [0.1, 0.15) is 35.7 Å². The fraction of sp³-hybridized carbons (Fsp3) is 0.269. The summed E-state index contributed by atoms with van der Waals surface area (Å²) in [5, 5.41) is 3.18. The van der Waals surface area contributed by atoms with Crippen molar-refractivity contribution < 1.29 is 9.59 Å². The monoisotopic (exact) mass is 428 g/mol. The molecule has 1 fully saturated rings. The molecule has 3 aromatic rings. The molecule has 4 rings (SSSR count). The van der Waals surface area contributed by atoms with Gasteiger partial charge in [0.25, 0.3) is 0 Å². The third kappa shape index (κ3) is 4.70. The third-order valence-electron chi connectivity index (χ3n) is 6.14. The van der Waals surface area contributed by atoms with Gasteiger partial charge in [0.2, 0.25) is 11.8 Å². The van der Waals surface area contributed by atoms with E-state index in [9.17, 15) is 9.59 Å². The molecule has 3 N–H and O–H groups in total. The zero-order valence-electron chi connectivity index (χ0n) is 18.0. The van der Waals surface area contributed by atoms with Gasteiger partial charge in [-0.25, -0.2) is 0 Å². The van der Waals surface area contributed by atoms with Gasteiger partial charge in [-0.3, -0.25) is 19.5 Å². The molecule has 164 valence electrons. The van der Waals surface area contributed by atoms with E-state index in [-0.39, 0.29) is 18.5 Å². The number of carbonyl (C=O) groups excluding carboxylic acids is 2. The summed E-state index contributed by atoms with van der Waals surface area (Å²) in [6, 6.07) is 25.1. The van der Waals surface area contributed by atoms with Gasteiger partial charge in [0, 0.05) is 12.7 Å². The third-order valence-corrected chi connectivity index (χ3v) is 6.14. The molecule has 0 radical (unpaired) electrons. The maximum atomic E-state index is 13.1. The van der Waals surface area contributed by atoms with Crippen LogP contribution in [-0.2, 0) is 15.0 Å². The summed E-state index contributed by atoms with van der Waals surface area (Å²) in [5.41, 5.74) is 7.69. The number of benzene rings is 2. The lowest BCUT2D eigenvalue weighted by atomic mass is 9.76. The molecule has 1 aliphatic heterocycles. The summed E-state index contributed by atoms with van der Waals surface area (Å²) in [4.78, 5) is 32.0. The fourth-order valence-corrected chi connectivity index (χ4v) is 4.52. The first kappa shape index (κ1) is 21.7. The van der Waals surface area contributed by atoms with Crippen LogP contribution in [0.5, 0.6) is 0 Å². The number of nitrogens with two attached hydrogens (primary N) is 1. The lowest BCUT2D eigenvalue weighted by Gasteiger charge is -2.40. The van der Waals surface area contributed by atoms with Crippen molar-refractivity contribution >= 4 is 11.8 Å². The van der Waals surface area contributed by atoms with Gasteiger partial charge in [-0.15, -0.1) is 0 Å². The minimum Gasteiger partial charge on any atom is -0.369 e. The topological polar surface area (TPSA) is 88.3 Å². The molecular formula is C26H28N4O2. The molecule has 0 aliphatic carbocycles. The maximum absolute atomic E-state index is 13.1. The number of hydrogen-bond donors (Lipinski definition) is 2. The van der Waals surface area contributed by atoms with Crippen LogP contribution < -0.4 is 11.1 Å². The highest BCUT2D eigenvalue weighted by molar-refractivity contribution is 5.87. The van der Waals surface area contributed by atoms with E-state index < -0.39 is 11.3 Å². The molecule has 32 heavy (non-hydrogen) atoms. The Hall–Kier alpha value is -3.51. The zero-order valence-corrected chi connectivity index (χ0v) is 18.0. The van der Waals surface area contributed by atoms with E-state index in [2.05, 4.69) is 10.3 Å². The summed E-state index contributed by atoms with van der Waals surface area (Å²) in [6.07, 6.45) is 3.08. The normalized spacial score (nSPS) is 18.9. The standard InChI is InChI=1S/C26H28N4O2/c27-25(32)26(22-14-7-8-16-28-22)15-9-17-30(19-26)18-23(31)29-24(20-10-3-1-4-11-20)21-12-5-2-6-13-21/h1-8,10-14,16,24H,9,15,17-19H2,(H2,27,32)(H,29,31)/t26-/m0/s1. The average Bonchev–Trinajstić information content (AvgIpc) is 2.84. The van der Waals surface area contributed by atoms with Crippen LogP contribution in [0.2, 0.25) is 0 Å². The highest BCUT2D eigenvalue weighted by atomic mass is 16.2. The minimum absolute atomic E-state index is 0.0935. The molecule has 6 nitrogen and oxygen atoms in total. The van der Waals surface area contributed by atoms with Crippen LogP contribution in [0.4, 0.5) is 0 Å². The van der Waals surface area contributed by atoms with Crippen molar-refractivity contribution in [3.63, 3.8) is 0 Å². The van der Waals surface area contributed by atoms with Crippen molar-refractivity contribution in [3.05, 3.63) is 102 Å². The minimum atomic E-state index is -0.877. The molecule has 1 aliphatic rings. The van der Waals surface area contributed by atoms with Gasteiger partial charge in [0.05, 0.1) is 18.3 Å². The van der Waals surface area contributed by atoms with Crippen LogP contribution in [0.3, 0.4) is 0 Å². The number of nitrogens with zero attached hydrogens (tertiary/aromatic N) is 2. The van der Waals surface area contributed by atoms with Gasteiger partial charge in [0.15, 0.2) is 0 Å². The van der Waals surface area contributed by atoms with Crippen molar-refractivity contribution in [1.29, 1.82) is 0 Å². The Bertz CT molecular complexity index is 1000. The quantitative estimate of drug-likeness (QED) is 0.606. The second-order valence-corrected chi connectivity index (χ2v) is 8.30. The van der Waals surface area contributed by atoms with Crippen LogP contribution in [0.25, 0.3) is 0 Å². The van der Waals surface area contributed by atoms with Crippen molar-refractivity contribution in [1.82, 2.24) is 15.2 Å². The van der Waals surface area contributed by atoms with E-state index in [1.807, 2.05) is 83.8 Å². The molecule has 1 atom stereocenters. The molecule has 6 heteroatoms. The van der Waals surface area contributed by atoms with Gasteiger partial charge in [-0.1, -0.05) is 66.7 Å². The van der Waals surface area contributed by atoms with Crippen LogP contribution in [0, 0.1) is 0 Å². The number of pyridine rings is 1. The first-order valence-corrected chi connectivity index (χ1v) is 10.9. The lowest BCUT2D eigenvalue weighted by molar-refractivity contribution is -0.128. The predicted molar refractivity (Wildman–Crippen MR) is 124 cm³/mol. The van der Waals surface area contributed by atoms with Crippen molar-refractivity contribution in [3.8, 4) is 0 Å². The van der Waals surface area contributed by atoms with E-state index in [1.165, 1.54) is 0 Å². The second-order valence-electron chi connectivity index (χ2n) is 8.30. The molecular weight excluding hydrogens is 400 g/mol. The number of nitrogens with one attached hydrogen (secondary N) is 1. The van der Waals surface area contributed by atoms with Crippen LogP contribution in [0.15, 0.2) is 85.1 Å². The Kier molecular flexibility index (Phi) is 6.61. The van der Waals surface area contributed by atoms with E-state index in [0.717, 1.165) is 24.1 Å². The number of rotatable bonds is 7. The SMILES string of the molecule is NC(=O)[C@@]1(c2ccccn2)CCCN(CC(=O)NC(c2ccccc2)c2ccccc2)C1. The Balaban J connectivity index is 1.51. The van der Waals surface area contributed by atoms with Gasteiger partial charge in [-0.05, 0) is 42.6 Å². The smallest absolute Gasteiger partial charge is 0.234 e. The van der Waals surface area contributed by atoms with Crippen LogP contribution >= 0.6 is 0 Å². The summed E-state index contributed by atoms with van der Waals surface area (Å²) in [6.45, 7) is 1.31. The number of hydrogen-bond acceptors (Lipinski definition) is 4. The maximum Gasteiger partial charge on any atom is 0.234 e. The molecule has 1 aromatic heterocycles. The van der Waals surface area contributed by atoms with E-state index in [4.69, 9.17) is 5.73 Å². The first-order valence-electron chi connectivity index (χ1n) is 10.9. The number of primary amides is 1. The van der Waals surface area contributed by atoms with Gasteiger partial charge in [-0.2, -0.15) is 0 Å². The van der Waals surface area contributed by atoms with E-state index >= 15 is 0 Å². The van der Waals surface area contributed by atoms with Gasteiger partial charge >= 0.3 is 0 Å². The summed E-state index contributed by atoms with van der Waals surface area (Å²) in [5.74, 6) is -0.489. The van der Waals surface area contributed by atoms with Gasteiger partial charge in [0.1, 0.15) is 5.41 Å².